The Labute approximate surface area is 129 Å². The van der Waals surface area contributed by atoms with Gasteiger partial charge in [0.05, 0.1) is 11.2 Å². The van der Waals surface area contributed by atoms with E-state index in [1.807, 2.05) is 7.05 Å². The second kappa shape index (κ2) is 6.47. The van der Waals surface area contributed by atoms with E-state index in [4.69, 9.17) is 4.74 Å². The molecule has 1 saturated heterocycles. The largest absolute Gasteiger partial charge is 0.367 e. The van der Waals surface area contributed by atoms with E-state index in [1.54, 1.807) is 0 Å². The van der Waals surface area contributed by atoms with E-state index < -0.39 is 0 Å². The highest BCUT2D eigenvalue weighted by atomic mass is 16.5. The normalized spacial score (nSPS) is 21.4. The number of nitrogens with zero attached hydrogens (tertiary/aromatic N) is 1. The van der Waals surface area contributed by atoms with Gasteiger partial charge in [0.15, 0.2) is 0 Å². The molecule has 1 aliphatic heterocycles. The van der Waals surface area contributed by atoms with Gasteiger partial charge in [0.2, 0.25) is 0 Å². The number of likely N-dealkylation sites (N-methyl/N-ethyl adjacent to an activating group) is 1. The molecule has 1 heterocycles. The standard InChI is InChI=1S/C18H30N2O/c1-17(2)13-20(14-18(3,4)21-17)12-16-8-6-15(7-9-16)10-11-19-5/h6-9,19H,10-14H2,1-5H3. The van der Waals surface area contributed by atoms with Crippen molar-refractivity contribution in [1.29, 1.82) is 0 Å². The molecule has 0 aromatic heterocycles. The smallest absolute Gasteiger partial charge is 0.0760 e. The Hall–Kier alpha value is -0.900. The molecule has 3 heteroatoms. The summed E-state index contributed by atoms with van der Waals surface area (Å²) in [4.78, 5) is 2.51. The summed E-state index contributed by atoms with van der Waals surface area (Å²) < 4.78 is 6.14. The van der Waals surface area contributed by atoms with Crippen LogP contribution < -0.4 is 5.32 Å². The summed E-state index contributed by atoms with van der Waals surface area (Å²) in [5.74, 6) is 0. The molecular weight excluding hydrogens is 260 g/mol. The lowest BCUT2D eigenvalue weighted by molar-refractivity contribution is -0.182. The number of hydrogen-bond acceptors (Lipinski definition) is 3. The first-order valence-corrected chi connectivity index (χ1v) is 7.95. The average Bonchev–Trinajstić information content (AvgIpc) is 2.34. The van der Waals surface area contributed by atoms with Crippen LogP contribution >= 0.6 is 0 Å². The molecule has 1 aromatic rings. The molecule has 3 nitrogen and oxygen atoms in total. The van der Waals surface area contributed by atoms with E-state index in [2.05, 4.69) is 62.2 Å². The predicted molar refractivity (Wildman–Crippen MR) is 88.6 cm³/mol. The molecule has 0 unspecified atom stereocenters. The quantitative estimate of drug-likeness (QED) is 0.902. The van der Waals surface area contributed by atoms with Gasteiger partial charge < -0.3 is 10.1 Å². The molecule has 0 aliphatic carbocycles. The van der Waals surface area contributed by atoms with Crippen molar-refractivity contribution in [3.8, 4) is 0 Å². The first-order chi connectivity index (χ1) is 9.80. The van der Waals surface area contributed by atoms with Gasteiger partial charge in [-0.3, -0.25) is 4.90 Å². The molecule has 0 spiro atoms. The van der Waals surface area contributed by atoms with Crippen molar-refractivity contribution in [2.24, 2.45) is 0 Å². The Balaban J connectivity index is 1.97. The monoisotopic (exact) mass is 290 g/mol. The molecule has 2 rings (SSSR count). The molecule has 1 N–H and O–H groups in total. The van der Waals surface area contributed by atoms with Crippen molar-refractivity contribution in [3.63, 3.8) is 0 Å². The number of nitrogens with one attached hydrogen (secondary N) is 1. The van der Waals surface area contributed by atoms with Crippen molar-refractivity contribution >= 4 is 0 Å². The van der Waals surface area contributed by atoms with Crippen LogP contribution in [-0.2, 0) is 17.7 Å². The number of ether oxygens (including phenoxy) is 1. The zero-order chi connectivity index (χ0) is 15.5. The van der Waals surface area contributed by atoms with E-state index >= 15 is 0 Å². The minimum Gasteiger partial charge on any atom is -0.367 e. The van der Waals surface area contributed by atoms with Crippen LogP contribution in [0.2, 0.25) is 0 Å². The maximum Gasteiger partial charge on any atom is 0.0760 e. The Kier molecular flexibility index (Phi) is 5.07. The highest BCUT2D eigenvalue weighted by Crippen LogP contribution is 2.28. The Morgan fingerprint density at radius 1 is 1.00 bits per heavy atom. The number of benzene rings is 1. The topological polar surface area (TPSA) is 24.5 Å². The number of rotatable bonds is 5. The van der Waals surface area contributed by atoms with E-state index in [1.165, 1.54) is 11.1 Å². The van der Waals surface area contributed by atoms with Crippen LogP contribution in [0.15, 0.2) is 24.3 Å². The van der Waals surface area contributed by atoms with E-state index in [0.717, 1.165) is 32.6 Å². The van der Waals surface area contributed by atoms with Gasteiger partial charge in [-0.05, 0) is 58.8 Å². The minimum atomic E-state index is -0.0749. The summed E-state index contributed by atoms with van der Waals surface area (Å²) in [6.45, 7) is 12.7. The first kappa shape index (κ1) is 16.5. The summed E-state index contributed by atoms with van der Waals surface area (Å²) in [5.41, 5.74) is 2.63. The van der Waals surface area contributed by atoms with Gasteiger partial charge in [0.25, 0.3) is 0 Å². The molecule has 1 fully saturated rings. The van der Waals surface area contributed by atoms with Crippen molar-refractivity contribution in [1.82, 2.24) is 10.2 Å². The molecule has 118 valence electrons. The van der Waals surface area contributed by atoms with Crippen LogP contribution in [0.3, 0.4) is 0 Å². The fourth-order valence-corrected chi connectivity index (χ4v) is 3.40. The maximum atomic E-state index is 6.14. The summed E-state index contributed by atoms with van der Waals surface area (Å²) in [5, 5.41) is 3.19. The van der Waals surface area contributed by atoms with Crippen LogP contribution in [0, 0.1) is 0 Å². The molecule has 1 aromatic carbocycles. The van der Waals surface area contributed by atoms with Crippen molar-refractivity contribution in [2.75, 3.05) is 26.7 Å². The van der Waals surface area contributed by atoms with Crippen molar-refractivity contribution in [3.05, 3.63) is 35.4 Å². The molecule has 21 heavy (non-hydrogen) atoms. The predicted octanol–water partition coefficient (Wildman–Crippen LogP) is 2.84. The third kappa shape index (κ3) is 5.10. The van der Waals surface area contributed by atoms with Crippen LogP contribution in [-0.4, -0.2) is 42.8 Å². The zero-order valence-electron chi connectivity index (χ0n) is 14.2. The van der Waals surface area contributed by atoms with Crippen molar-refractivity contribution < 1.29 is 4.74 Å². The average molecular weight is 290 g/mol. The van der Waals surface area contributed by atoms with Crippen LogP contribution in [0.1, 0.15) is 38.8 Å². The molecule has 1 aliphatic rings. The molecule has 0 amide bonds. The Morgan fingerprint density at radius 2 is 1.52 bits per heavy atom. The Morgan fingerprint density at radius 3 is 2.05 bits per heavy atom. The highest BCUT2D eigenvalue weighted by molar-refractivity contribution is 5.23. The number of hydrogen-bond donors (Lipinski definition) is 1. The molecular formula is C18H30N2O. The fraction of sp³-hybridized carbons (Fsp3) is 0.667. The summed E-state index contributed by atoms with van der Waals surface area (Å²) in [7, 11) is 2.00. The summed E-state index contributed by atoms with van der Waals surface area (Å²) in [6.07, 6.45) is 1.09. The molecule has 0 saturated carbocycles. The maximum absolute atomic E-state index is 6.14. The van der Waals surface area contributed by atoms with Gasteiger partial charge >= 0.3 is 0 Å². The SMILES string of the molecule is CNCCc1ccc(CN2CC(C)(C)OC(C)(C)C2)cc1. The van der Waals surface area contributed by atoms with Gasteiger partial charge in [-0.15, -0.1) is 0 Å². The van der Waals surface area contributed by atoms with Gasteiger partial charge in [-0.1, -0.05) is 24.3 Å². The van der Waals surface area contributed by atoms with E-state index in [-0.39, 0.29) is 11.2 Å². The van der Waals surface area contributed by atoms with Crippen LogP contribution in [0.25, 0.3) is 0 Å². The minimum absolute atomic E-state index is 0.0749. The Bertz CT molecular complexity index is 435. The molecule has 0 bridgehead atoms. The first-order valence-electron chi connectivity index (χ1n) is 7.95. The van der Waals surface area contributed by atoms with Gasteiger partial charge in [-0.2, -0.15) is 0 Å². The number of morpholine rings is 1. The van der Waals surface area contributed by atoms with Gasteiger partial charge in [0, 0.05) is 19.6 Å². The van der Waals surface area contributed by atoms with Crippen molar-refractivity contribution in [2.45, 2.75) is 51.9 Å². The molecule has 0 atom stereocenters. The molecule has 0 radical (unpaired) electrons. The summed E-state index contributed by atoms with van der Waals surface area (Å²) >= 11 is 0. The van der Waals surface area contributed by atoms with Crippen LogP contribution in [0.4, 0.5) is 0 Å². The second-order valence-electron chi connectivity index (χ2n) is 7.44. The fourth-order valence-electron chi connectivity index (χ4n) is 3.40. The van der Waals surface area contributed by atoms with E-state index in [0.29, 0.717) is 0 Å². The third-order valence-corrected chi connectivity index (χ3v) is 3.85. The zero-order valence-corrected chi connectivity index (χ0v) is 14.2. The lowest BCUT2D eigenvalue weighted by Crippen LogP contribution is -2.56. The third-order valence-electron chi connectivity index (χ3n) is 3.85. The highest BCUT2D eigenvalue weighted by Gasteiger charge is 2.37. The summed E-state index contributed by atoms with van der Waals surface area (Å²) in [6, 6.07) is 9.04. The van der Waals surface area contributed by atoms with Crippen LogP contribution in [0.5, 0.6) is 0 Å². The van der Waals surface area contributed by atoms with Gasteiger partial charge in [0.1, 0.15) is 0 Å². The van der Waals surface area contributed by atoms with E-state index in [9.17, 15) is 0 Å². The second-order valence-corrected chi connectivity index (χ2v) is 7.44. The lowest BCUT2D eigenvalue weighted by atomic mass is 9.98. The lowest BCUT2D eigenvalue weighted by Gasteiger charge is -2.47. The van der Waals surface area contributed by atoms with Gasteiger partial charge in [-0.25, -0.2) is 0 Å².